The number of halogens is 2. The highest BCUT2D eigenvalue weighted by Gasteiger charge is 2.26. The first-order chi connectivity index (χ1) is 23.0. The van der Waals surface area contributed by atoms with Gasteiger partial charge in [0, 0.05) is 50.3 Å². The maximum atomic E-state index is 14.1. The van der Waals surface area contributed by atoms with Crippen LogP contribution in [-0.2, 0) is 16.2 Å². The van der Waals surface area contributed by atoms with Gasteiger partial charge in [-0.2, -0.15) is 5.10 Å². The summed E-state index contributed by atoms with van der Waals surface area (Å²) in [6.07, 6.45) is 0.328. The van der Waals surface area contributed by atoms with Crippen molar-refractivity contribution < 1.29 is 28.5 Å². The van der Waals surface area contributed by atoms with E-state index in [1.807, 2.05) is 28.8 Å². The van der Waals surface area contributed by atoms with E-state index in [1.54, 1.807) is 35.2 Å². The number of carbonyl (C=O) groups is 1. The molecule has 0 saturated carbocycles. The highest BCUT2D eigenvalue weighted by atomic mass is 35.5. The van der Waals surface area contributed by atoms with Gasteiger partial charge < -0.3 is 34.5 Å². The zero-order chi connectivity index (χ0) is 34.0. The number of nitrogen functional groups attached to an aromatic ring is 1. The number of nitrogens with two attached hydrogens (primary N) is 1. The van der Waals surface area contributed by atoms with Crippen LogP contribution in [0.15, 0.2) is 72.9 Å². The Labute approximate surface area is 284 Å². The van der Waals surface area contributed by atoms with Crippen LogP contribution in [0.3, 0.4) is 0 Å². The fourth-order valence-corrected chi connectivity index (χ4v) is 6.60. The Morgan fingerprint density at radius 2 is 1.88 bits per heavy atom. The number of hydrogen-bond acceptors (Lipinski definition) is 7. The van der Waals surface area contributed by atoms with Gasteiger partial charge in [0.05, 0.1) is 41.3 Å². The molecule has 3 N–H and O–H groups in total. The third-order valence-electron chi connectivity index (χ3n) is 8.32. The van der Waals surface area contributed by atoms with E-state index in [0.717, 1.165) is 16.9 Å². The van der Waals surface area contributed by atoms with Crippen LogP contribution in [-0.4, -0.2) is 71.2 Å². The van der Waals surface area contributed by atoms with Crippen LogP contribution < -0.4 is 10.5 Å². The van der Waals surface area contributed by atoms with Crippen LogP contribution >= 0.6 is 11.6 Å². The second-order valence-corrected chi connectivity index (χ2v) is 19.0. The number of anilines is 1. The van der Waals surface area contributed by atoms with Crippen molar-refractivity contribution in [2.24, 2.45) is 0 Å². The standard InChI is InChI=1S/C35H39ClFN5O5Si/c1-48(2,3)17-16-46-22-41-29-10-8-23(35(44)40-12-14-45-15-13-40)18-24(29)19-31(41)33(43)26-21-39-42(34(26)38)30-11-9-25(20-27(30)36)47-32-7-5-4-6-28(32)37/h4-11,18-21,33,43H,12-17,22,38H2,1-3H3. The summed E-state index contributed by atoms with van der Waals surface area (Å²) in [4.78, 5) is 15.1. The topological polar surface area (TPSA) is 117 Å². The molecular formula is C35H39ClFN5O5Si. The number of morpholine rings is 1. The Balaban J connectivity index is 1.30. The zero-order valence-corrected chi connectivity index (χ0v) is 28.9. The van der Waals surface area contributed by atoms with Crippen molar-refractivity contribution in [2.45, 2.75) is 38.5 Å². The van der Waals surface area contributed by atoms with E-state index in [-0.39, 0.29) is 29.2 Å². The minimum absolute atomic E-state index is 0.0610. The molecule has 2 aromatic heterocycles. The summed E-state index contributed by atoms with van der Waals surface area (Å²) in [5.74, 6) is 0.0418. The molecule has 1 unspecified atom stereocenters. The Morgan fingerprint density at radius 1 is 1.10 bits per heavy atom. The number of rotatable bonds is 11. The van der Waals surface area contributed by atoms with Gasteiger partial charge in [0.1, 0.15) is 24.4 Å². The molecule has 1 aliphatic heterocycles. The van der Waals surface area contributed by atoms with Crippen molar-refractivity contribution in [1.82, 2.24) is 19.2 Å². The van der Waals surface area contributed by atoms with Gasteiger partial charge in [0.2, 0.25) is 0 Å². The van der Waals surface area contributed by atoms with Gasteiger partial charge in [0.15, 0.2) is 11.6 Å². The molecular weight excluding hydrogens is 653 g/mol. The Hall–Kier alpha value is -4.20. The molecule has 0 bridgehead atoms. The molecule has 6 rings (SSSR count). The van der Waals surface area contributed by atoms with Gasteiger partial charge in [-0.15, -0.1) is 0 Å². The molecule has 1 saturated heterocycles. The highest BCUT2D eigenvalue weighted by molar-refractivity contribution is 6.76. The molecule has 48 heavy (non-hydrogen) atoms. The van der Waals surface area contributed by atoms with E-state index in [1.165, 1.54) is 23.0 Å². The van der Waals surface area contributed by atoms with Gasteiger partial charge in [-0.1, -0.05) is 43.4 Å². The minimum atomic E-state index is -1.32. The number of aliphatic hydroxyl groups is 1. The lowest BCUT2D eigenvalue weighted by atomic mass is 10.1. The van der Waals surface area contributed by atoms with Gasteiger partial charge in [-0.3, -0.25) is 4.79 Å². The van der Waals surface area contributed by atoms with Crippen LogP contribution in [0.2, 0.25) is 30.7 Å². The molecule has 0 radical (unpaired) electrons. The molecule has 10 nitrogen and oxygen atoms in total. The van der Waals surface area contributed by atoms with Gasteiger partial charge >= 0.3 is 0 Å². The summed E-state index contributed by atoms with van der Waals surface area (Å²) in [5.41, 5.74) is 9.33. The molecule has 3 aromatic carbocycles. The number of nitrogens with zero attached hydrogens (tertiary/aromatic N) is 4. The highest BCUT2D eigenvalue weighted by Crippen LogP contribution is 2.35. The Bertz CT molecular complexity index is 1930. The average molecular weight is 692 g/mol. The smallest absolute Gasteiger partial charge is 0.254 e. The van der Waals surface area contributed by atoms with Gasteiger partial charge in [0.25, 0.3) is 5.91 Å². The van der Waals surface area contributed by atoms with Gasteiger partial charge in [-0.05, 0) is 54.6 Å². The second-order valence-electron chi connectivity index (χ2n) is 13.0. The zero-order valence-electron chi connectivity index (χ0n) is 27.2. The maximum Gasteiger partial charge on any atom is 0.254 e. The third-order valence-corrected chi connectivity index (χ3v) is 10.3. The number of aliphatic hydroxyl groups excluding tert-OH is 1. The summed E-state index contributed by atoms with van der Waals surface area (Å²) in [6, 6.07) is 19.3. The number of amides is 1. The predicted molar refractivity (Wildman–Crippen MR) is 186 cm³/mol. The number of benzene rings is 3. The number of aromatic nitrogens is 3. The number of carbonyl (C=O) groups excluding carboxylic acids is 1. The molecule has 1 fully saturated rings. The first kappa shape index (κ1) is 33.7. The molecule has 5 aromatic rings. The monoisotopic (exact) mass is 691 g/mol. The summed E-state index contributed by atoms with van der Waals surface area (Å²) in [7, 11) is -1.32. The quantitative estimate of drug-likeness (QED) is 0.115. The lowest BCUT2D eigenvalue weighted by molar-refractivity contribution is 0.0303. The van der Waals surface area contributed by atoms with E-state index >= 15 is 0 Å². The number of ether oxygens (including phenoxy) is 3. The van der Waals surface area contributed by atoms with Crippen molar-refractivity contribution >= 4 is 42.3 Å². The SMILES string of the molecule is C[Si](C)(C)CCOCn1c(C(O)c2cnn(-c3ccc(Oc4ccccc4F)cc3Cl)c2N)cc2cc(C(=O)N3CCOCC3)ccc21. The molecule has 13 heteroatoms. The van der Waals surface area contributed by atoms with Crippen LogP contribution in [0.5, 0.6) is 11.5 Å². The molecule has 1 amide bonds. The summed E-state index contributed by atoms with van der Waals surface area (Å²) >= 11 is 6.62. The summed E-state index contributed by atoms with van der Waals surface area (Å²) in [6.45, 7) is 9.79. The van der Waals surface area contributed by atoms with E-state index < -0.39 is 20.0 Å². The first-order valence-corrected chi connectivity index (χ1v) is 19.9. The molecule has 0 spiro atoms. The van der Waals surface area contributed by atoms with Crippen LogP contribution in [0.1, 0.15) is 27.7 Å². The third kappa shape index (κ3) is 7.27. The Morgan fingerprint density at radius 3 is 2.60 bits per heavy atom. The molecule has 0 aliphatic carbocycles. The fourth-order valence-electron chi connectivity index (χ4n) is 5.59. The van der Waals surface area contributed by atoms with Crippen molar-refractivity contribution in [3.05, 3.63) is 101 Å². The molecule has 1 atom stereocenters. The summed E-state index contributed by atoms with van der Waals surface area (Å²) < 4.78 is 34.7. The molecule has 252 valence electrons. The minimum Gasteiger partial charge on any atom is -0.454 e. The maximum absolute atomic E-state index is 14.1. The van der Waals surface area contributed by atoms with Crippen molar-refractivity contribution in [3.63, 3.8) is 0 Å². The molecule has 3 heterocycles. The van der Waals surface area contributed by atoms with Gasteiger partial charge in [-0.25, -0.2) is 9.07 Å². The van der Waals surface area contributed by atoms with Crippen molar-refractivity contribution in [1.29, 1.82) is 0 Å². The average Bonchev–Trinajstić information content (AvgIpc) is 3.63. The van der Waals surface area contributed by atoms with Crippen LogP contribution in [0.25, 0.3) is 16.6 Å². The second kappa shape index (κ2) is 14.1. The van der Waals surface area contributed by atoms with E-state index in [2.05, 4.69) is 24.7 Å². The number of fused-ring (bicyclic) bond motifs is 1. The molecule has 1 aliphatic rings. The number of hydrogen-bond donors (Lipinski definition) is 2. The Kier molecular flexibility index (Phi) is 9.90. The lowest BCUT2D eigenvalue weighted by Gasteiger charge is -2.26. The first-order valence-electron chi connectivity index (χ1n) is 15.8. The van der Waals surface area contributed by atoms with Crippen molar-refractivity contribution in [3.8, 4) is 17.2 Å². The largest absolute Gasteiger partial charge is 0.454 e. The van der Waals surface area contributed by atoms with E-state index in [9.17, 15) is 14.3 Å². The lowest BCUT2D eigenvalue weighted by Crippen LogP contribution is -2.40. The predicted octanol–water partition coefficient (Wildman–Crippen LogP) is 6.86. The van der Waals surface area contributed by atoms with Crippen LogP contribution in [0.4, 0.5) is 10.2 Å². The fraction of sp³-hybridized carbons (Fsp3) is 0.314. The van der Waals surface area contributed by atoms with Crippen molar-refractivity contribution in [2.75, 3.05) is 38.6 Å². The normalized spacial score (nSPS) is 14.4. The number of para-hydroxylation sites is 1. The van der Waals surface area contributed by atoms with E-state index in [0.29, 0.717) is 61.2 Å². The van der Waals surface area contributed by atoms with Crippen LogP contribution in [0, 0.1) is 5.82 Å². The summed E-state index contributed by atoms with van der Waals surface area (Å²) in [5, 5.41) is 17.3. The van der Waals surface area contributed by atoms with E-state index in [4.69, 9.17) is 31.5 Å².